The number of imidazole rings is 1. The van der Waals surface area contributed by atoms with Gasteiger partial charge >= 0.3 is 0 Å². The Labute approximate surface area is 182 Å². The van der Waals surface area contributed by atoms with Gasteiger partial charge in [-0.3, -0.25) is 9.48 Å². The van der Waals surface area contributed by atoms with Crippen LogP contribution in [0.4, 0.5) is 4.39 Å². The number of aromatic hydroxyl groups is 1. The summed E-state index contributed by atoms with van der Waals surface area (Å²) in [7, 11) is 0. The summed E-state index contributed by atoms with van der Waals surface area (Å²) in [5.41, 5.74) is 2.74. The monoisotopic (exact) mass is 427 g/mol. The highest BCUT2D eigenvalue weighted by molar-refractivity contribution is 5.61. The van der Waals surface area contributed by atoms with Crippen LogP contribution in [0.2, 0.25) is 0 Å². The fourth-order valence-electron chi connectivity index (χ4n) is 4.35. The van der Waals surface area contributed by atoms with Gasteiger partial charge in [-0.2, -0.15) is 10.4 Å². The van der Waals surface area contributed by atoms with Crippen molar-refractivity contribution in [3.8, 4) is 23.3 Å². The van der Waals surface area contributed by atoms with Gasteiger partial charge in [0.2, 0.25) is 5.43 Å². The topological polar surface area (TPSA) is 96.7 Å². The molecule has 0 radical (unpaired) electrons. The zero-order chi connectivity index (χ0) is 22.4. The molecule has 1 N–H and O–H groups in total. The largest absolute Gasteiger partial charge is 0.503 e. The number of hydrogen-bond acceptors (Lipinski definition) is 5. The molecule has 32 heavy (non-hydrogen) atoms. The summed E-state index contributed by atoms with van der Waals surface area (Å²) in [5.74, 6) is -0.806. The molecule has 0 bridgehead atoms. The van der Waals surface area contributed by atoms with E-state index in [-0.39, 0.29) is 17.4 Å². The van der Waals surface area contributed by atoms with E-state index in [0.29, 0.717) is 18.1 Å². The van der Waals surface area contributed by atoms with Crippen molar-refractivity contribution >= 4 is 0 Å². The lowest BCUT2D eigenvalue weighted by Gasteiger charge is -2.35. The quantitative estimate of drug-likeness (QED) is 0.540. The summed E-state index contributed by atoms with van der Waals surface area (Å²) in [4.78, 5) is 16.5. The number of hydrogen-bond donors (Lipinski definition) is 1. The Morgan fingerprint density at radius 2 is 1.78 bits per heavy atom. The summed E-state index contributed by atoms with van der Waals surface area (Å²) >= 11 is 0. The summed E-state index contributed by atoms with van der Waals surface area (Å²) in [6.07, 6.45) is 2.49. The SMILES string of the molecule is Cc1ccc(C(c2ccc(F)cc2)[C@H]2Cn3c(C#N)cnc3-c3c(O)c(=O)cnn32)cc1. The van der Waals surface area contributed by atoms with Crippen molar-refractivity contribution in [2.75, 3.05) is 0 Å². The number of aromatic nitrogens is 4. The van der Waals surface area contributed by atoms with Gasteiger partial charge in [0.1, 0.15) is 23.3 Å². The highest BCUT2D eigenvalue weighted by atomic mass is 19.1. The van der Waals surface area contributed by atoms with Gasteiger partial charge in [0.15, 0.2) is 11.6 Å². The van der Waals surface area contributed by atoms with E-state index in [2.05, 4.69) is 16.2 Å². The second-order valence-corrected chi connectivity index (χ2v) is 7.85. The van der Waals surface area contributed by atoms with Crippen molar-refractivity contribution < 1.29 is 9.50 Å². The first-order chi connectivity index (χ1) is 15.5. The summed E-state index contributed by atoms with van der Waals surface area (Å²) in [6.45, 7) is 2.32. The minimum absolute atomic E-state index is 0.162. The van der Waals surface area contributed by atoms with E-state index in [1.165, 1.54) is 18.3 Å². The number of fused-ring (bicyclic) bond motifs is 3. The second kappa shape index (κ2) is 7.46. The molecule has 2 atom stereocenters. The van der Waals surface area contributed by atoms with Crippen LogP contribution in [0.1, 0.15) is 34.3 Å². The second-order valence-electron chi connectivity index (χ2n) is 7.85. The minimum atomic E-state index is -0.626. The molecule has 158 valence electrons. The van der Waals surface area contributed by atoms with E-state index in [0.717, 1.165) is 22.9 Å². The average molecular weight is 427 g/mol. The molecule has 7 nitrogen and oxygen atoms in total. The van der Waals surface area contributed by atoms with Gasteiger partial charge in [0.25, 0.3) is 0 Å². The fraction of sp³-hybridized carbons (Fsp3) is 0.167. The smallest absolute Gasteiger partial charge is 0.242 e. The minimum Gasteiger partial charge on any atom is -0.503 e. The number of benzene rings is 2. The molecule has 0 saturated heterocycles. The summed E-state index contributed by atoms with van der Waals surface area (Å²) in [6, 6.07) is 15.9. The fourth-order valence-corrected chi connectivity index (χ4v) is 4.35. The first-order valence-electron chi connectivity index (χ1n) is 10.1. The predicted octanol–water partition coefficient (Wildman–Crippen LogP) is 3.52. The third-order valence-electron chi connectivity index (χ3n) is 5.90. The van der Waals surface area contributed by atoms with E-state index < -0.39 is 17.2 Å². The van der Waals surface area contributed by atoms with Crippen LogP contribution in [-0.4, -0.2) is 24.4 Å². The normalized spacial score (nSPS) is 15.5. The molecular formula is C24H18FN5O2. The number of nitriles is 1. The van der Waals surface area contributed by atoms with E-state index in [1.54, 1.807) is 21.4 Å². The lowest BCUT2D eigenvalue weighted by Crippen LogP contribution is -2.33. The van der Waals surface area contributed by atoms with Gasteiger partial charge in [-0.25, -0.2) is 9.37 Å². The molecule has 1 aliphatic rings. The Bertz CT molecular complexity index is 1370. The number of nitrogens with zero attached hydrogens (tertiary/aromatic N) is 5. The van der Waals surface area contributed by atoms with Crippen molar-refractivity contribution in [2.24, 2.45) is 0 Å². The van der Waals surface area contributed by atoms with Gasteiger partial charge in [-0.05, 0) is 30.2 Å². The van der Waals surface area contributed by atoms with Crippen molar-refractivity contribution in [3.63, 3.8) is 0 Å². The first-order valence-corrected chi connectivity index (χ1v) is 10.1. The number of halogens is 1. The molecule has 8 heteroatoms. The third kappa shape index (κ3) is 3.06. The Morgan fingerprint density at radius 3 is 2.44 bits per heavy atom. The van der Waals surface area contributed by atoms with Crippen LogP contribution in [0.3, 0.4) is 0 Å². The van der Waals surface area contributed by atoms with Crippen LogP contribution >= 0.6 is 0 Å². The molecule has 0 fully saturated rings. The Hall–Kier alpha value is -4.25. The van der Waals surface area contributed by atoms with Crippen molar-refractivity contribution in [2.45, 2.75) is 25.4 Å². The first kappa shape index (κ1) is 19.7. The van der Waals surface area contributed by atoms with Gasteiger partial charge < -0.3 is 9.67 Å². The van der Waals surface area contributed by atoms with Gasteiger partial charge in [0.05, 0.1) is 18.4 Å². The van der Waals surface area contributed by atoms with Crippen LogP contribution in [0.25, 0.3) is 11.5 Å². The lowest BCUT2D eigenvalue weighted by molar-refractivity contribution is 0.330. The highest BCUT2D eigenvalue weighted by Crippen LogP contribution is 2.43. The molecule has 4 aromatic rings. The van der Waals surface area contributed by atoms with Crippen LogP contribution in [0, 0.1) is 24.1 Å². The molecule has 0 spiro atoms. The maximum absolute atomic E-state index is 13.7. The molecule has 1 aliphatic heterocycles. The molecule has 1 unspecified atom stereocenters. The zero-order valence-electron chi connectivity index (χ0n) is 17.1. The third-order valence-corrected chi connectivity index (χ3v) is 5.90. The van der Waals surface area contributed by atoms with E-state index in [1.807, 2.05) is 31.2 Å². The molecular weight excluding hydrogens is 409 g/mol. The lowest BCUT2D eigenvalue weighted by atomic mass is 9.83. The van der Waals surface area contributed by atoms with Gasteiger partial charge in [-0.15, -0.1) is 0 Å². The number of aryl methyl sites for hydroxylation is 1. The van der Waals surface area contributed by atoms with Crippen LogP contribution in [-0.2, 0) is 6.54 Å². The standard InChI is InChI=1S/C24H18FN5O2/c1-14-2-4-15(5-3-14)21(16-6-8-17(25)9-7-16)19-13-29-18(10-26)11-27-24(29)22-23(32)20(31)12-28-30(19)22/h2-9,11-12,19,21,32H,13H2,1H3/t19-,21?/m1/s1. The summed E-state index contributed by atoms with van der Waals surface area (Å²) < 4.78 is 17.0. The predicted molar refractivity (Wildman–Crippen MR) is 115 cm³/mol. The van der Waals surface area contributed by atoms with Crippen molar-refractivity contribution in [3.05, 3.63) is 99.3 Å². The van der Waals surface area contributed by atoms with E-state index in [9.17, 15) is 19.6 Å². The molecule has 0 saturated carbocycles. The number of rotatable bonds is 3. The molecule has 2 aromatic carbocycles. The Balaban J connectivity index is 1.77. The zero-order valence-corrected chi connectivity index (χ0v) is 17.1. The van der Waals surface area contributed by atoms with Crippen LogP contribution in [0.5, 0.6) is 5.75 Å². The van der Waals surface area contributed by atoms with E-state index >= 15 is 0 Å². The molecule has 0 amide bonds. The molecule has 5 rings (SSSR count). The van der Waals surface area contributed by atoms with Gasteiger partial charge in [0, 0.05) is 12.5 Å². The van der Waals surface area contributed by atoms with E-state index in [4.69, 9.17) is 0 Å². The van der Waals surface area contributed by atoms with Crippen LogP contribution < -0.4 is 5.43 Å². The average Bonchev–Trinajstić information content (AvgIpc) is 3.21. The Kier molecular flexibility index (Phi) is 4.59. The van der Waals surface area contributed by atoms with Crippen LogP contribution in [0.15, 0.2) is 65.7 Å². The van der Waals surface area contributed by atoms with Gasteiger partial charge in [-0.1, -0.05) is 42.0 Å². The van der Waals surface area contributed by atoms with Crippen molar-refractivity contribution in [1.29, 1.82) is 5.26 Å². The van der Waals surface area contributed by atoms with Crippen molar-refractivity contribution in [1.82, 2.24) is 19.3 Å². The molecule has 0 aliphatic carbocycles. The maximum Gasteiger partial charge on any atom is 0.242 e. The molecule has 2 aromatic heterocycles. The molecule has 3 heterocycles. The maximum atomic E-state index is 13.7. The summed E-state index contributed by atoms with van der Waals surface area (Å²) in [5, 5.41) is 24.5. The Morgan fingerprint density at radius 1 is 1.12 bits per heavy atom. The highest BCUT2D eigenvalue weighted by Gasteiger charge is 2.36.